The van der Waals surface area contributed by atoms with E-state index >= 15 is 0 Å². The van der Waals surface area contributed by atoms with E-state index in [-0.39, 0.29) is 6.10 Å². The Morgan fingerprint density at radius 1 is 1.32 bits per heavy atom. The Balaban J connectivity index is 1.70. The Kier molecular flexibility index (Phi) is 6.68. The molecule has 0 bridgehead atoms. The fourth-order valence-corrected chi connectivity index (χ4v) is 2.74. The third kappa shape index (κ3) is 5.31. The monoisotopic (exact) mass is 304 g/mol. The number of benzene rings is 1. The van der Waals surface area contributed by atoms with E-state index in [9.17, 15) is 5.11 Å². The van der Waals surface area contributed by atoms with Crippen LogP contribution in [0, 0.1) is 0 Å². The summed E-state index contributed by atoms with van der Waals surface area (Å²) in [5, 5.41) is 13.0. The molecule has 0 spiro atoms. The molecule has 0 atom stereocenters. The van der Waals surface area contributed by atoms with Gasteiger partial charge in [-0.25, -0.2) is 0 Å². The van der Waals surface area contributed by atoms with E-state index in [0.717, 1.165) is 51.5 Å². The van der Waals surface area contributed by atoms with Gasteiger partial charge in [0.15, 0.2) is 5.96 Å². The zero-order valence-electron chi connectivity index (χ0n) is 13.7. The molecule has 0 saturated carbocycles. The molecule has 0 aromatic heterocycles. The largest absolute Gasteiger partial charge is 0.393 e. The second kappa shape index (κ2) is 8.76. The smallest absolute Gasteiger partial charge is 0.193 e. The van der Waals surface area contributed by atoms with Crippen molar-refractivity contribution in [3.05, 3.63) is 35.9 Å². The first kappa shape index (κ1) is 16.8. The molecular formula is C17H28N4O. The Hall–Kier alpha value is -1.59. The van der Waals surface area contributed by atoms with Crippen molar-refractivity contribution < 1.29 is 5.11 Å². The fourth-order valence-electron chi connectivity index (χ4n) is 2.74. The molecule has 2 N–H and O–H groups in total. The number of aliphatic hydroxyl groups excluding tert-OH is 1. The summed E-state index contributed by atoms with van der Waals surface area (Å²) in [7, 11) is 3.95. The maximum atomic E-state index is 9.58. The third-order valence-corrected chi connectivity index (χ3v) is 4.05. The highest BCUT2D eigenvalue weighted by atomic mass is 16.3. The Morgan fingerprint density at radius 2 is 2.00 bits per heavy atom. The number of piperidine rings is 1. The predicted molar refractivity (Wildman–Crippen MR) is 91.0 cm³/mol. The van der Waals surface area contributed by atoms with Crippen molar-refractivity contribution in [2.24, 2.45) is 4.99 Å². The minimum absolute atomic E-state index is 0.147. The van der Waals surface area contributed by atoms with Crippen LogP contribution in [0.4, 0.5) is 0 Å². The van der Waals surface area contributed by atoms with E-state index in [4.69, 9.17) is 0 Å². The molecule has 1 fully saturated rings. The second-order valence-electron chi connectivity index (χ2n) is 5.92. The average Bonchev–Trinajstić information content (AvgIpc) is 2.54. The molecule has 122 valence electrons. The molecule has 1 saturated heterocycles. The van der Waals surface area contributed by atoms with Crippen LogP contribution in [0.25, 0.3) is 0 Å². The molecule has 5 heteroatoms. The minimum Gasteiger partial charge on any atom is -0.393 e. The zero-order chi connectivity index (χ0) is 15.8. The van der Waals surface area contributed by atoms with Crippen LogP contribution in [-0.2, 0) is 6.54 Å². The molecule has 1 aliphatic rings. The summed E-state index contributed by atoms with van der Waals surface area (Å²) in [6.07, 6.45) is 1.51. The maximum absolute atomic E-state index is 9.58. The molecule has 1 aromatic carbocycles. The lowest BCUT2D eigenvalue weighted by Crippen LogP contribution is -2.47. The van der Waals surface area contributed by atoms with E-state index in [0.29, 0.717) is 0 Å². The highest BCUT2D eigenvalue weighted by molar-refractivity contribution is 5.79. The summed E-state index contributed by atoms with van der Waals surface area (Å²) in [6.45, 7) is 4.54. The molecule has 1 aromatic rings. The Morgan fingerprint density at radius 3 is 2.64 bits per heavy atom. The van der Waals surface area contributed by atoms with Crippen molar-refractivity contribution >= 4 is 5.96 Å². The first-order chi connectivity index (χ1) is 10.7. The van der Waals surface area contributed by atoms with Crippen LogP contribution >= 0.6 is 0 Å². The van der Waals surface area contributed by atoms with E-state index in [2.05, 4.69) is 51.4 Å². The first-order valence-electron chi connectivity index (χ1n) is 8.05. The number of hydrogen-bond acceptors (Lipinski definition) is 3. The van der Waals surface area contributed by atoms with Gasteiger partial charge in [-0.1, -0.05) is 30.3 Å². The van der Waals surface area contributed by atoms with Gasteiger partial charge in [-0.15, -0.1) is 0 Å². The number of guanidine groups is 1. The van der Waals surface area contributed by atoms with Gasteiger partial charge in [0, 0.05) is 39.8 Å². The van der Waals surface area contributed by atoms with Gasteiger partial charge in [-0.05, 0) is 25.5 Å². The number of likely N-dealkylation sites (tertiary alicyclic amines) is 1. The van der Waals surface area contributed by atoms with Crippen molar-refractivity contribution in [2.45, 2.75) is 25.5 Å². The number of hydrogen-bond donors (Lipinski definition) is 2. The summed E-state index contributed by atoms with van der Waals surface area (Å²) in [4.78, 5) is 8.88. The predicted octanol–water partition coefficient (Wildman–Crippen LogP) is 1.15. The number of aliphatic hydroxyl groups is 1. The number of nitrogens with zero attached hydrogens (tertiary/aromatic N) is 3. The van der Waals surface area contributed by atoms with Crippen LogP contribution in [0.3, 0.4) is 0 Å². The highest BCUT2D eigenvalue weighted by Gasteiger charge is 2.19. The fraction of sp³-hybridized carbons (Fsp3) is 0.588. The van der Waals surface area contributed by atoms with Crippen LogP contribution in [0.2, 0.25) is 0 Å². The summed E-state index contributed by atoms with van der Waals surface area (Å²) in [5.41, 5.74) is 1.33. The van der Waals surface area contributed by atoms with Gasteiger partial charge in [-0.3, -0.25) is 4.99 Å². The second-order valence-corrected chi connectivity index (χ2v) is 5.92. The molecule has 2 rings (SSSR count). The average molecular weight is 304 g/mol. The van der Waals surface area contributed by atoms with E-state index < -0.39 is 0 Å². The molecule has 0 amide bonds. The van der Waals surface area contributed by atoms with Gasteiger partial charge in [0.2, 0.25) is 0 Å². The summed E-state index contributed by atoms with van der Waals surface area (Å²) in [6, 6.07) is 10.5. The Labute approximate surface area is 133 Å². The van der Waals surface area contributed by atoms with Crippen LogP contribution in [0.1, 0.15) is 18.4 Å². The van der Waals surface area contributed by atoms with E-state index in [1.165, 1.54) is 5.56 Å². The van der Waals surface area contributed by atoms with Gasteiger partial charge in [0.05, 0.1) is 6.10 Å². The topological polar surface area (TPSA) is 51.1 Å². The number of nitrogens with one attached hydrogen (secondary N) is 1. The van der Waals surface area contributed by atoms with Crippen LogP contribution in [-0.4, -0.2) is 67.2 Å². The number of rotatable bonds is 5. The number of aliphatic imine (C=N–C) groups is 1. The quantitative estimate of drug-likeness (QED) is 0.633. The standard InChI is InChI=1S/C17H28N4O/c1-18-17(21-11-8-16(22)9-12-21)19-10-13-20(2)14-15-6-4-3-5-7-15/h3-7,16,22H,8-14H2,1-2H3,(H,18,19). The molecular weight excluding hydrogens is 276 g/mol. The molecule has 0 radical (unpaired) electrons. The van der Waals surface area contributed by atoms with Crippen LogP contribution in [0.5, 0.6) is 0 Å². The van der Waals surface area contributed by atoms with Crippen LogP contribution in [0.15, 0.2) is 35.3 Å². The molecule has 0 aliphatic carbocycles. The van der Waals surface area contributed by atoms with Gasteiger partial charge in [0.1, 0.15) is 0 Å². The summed E-state index contributed by atoms with van der Waals surface area (Å²) >= 11 is 0. The van der Waals surface area contributed by atoms with Crippen molar-refractivity contribution in [3.8, 4) is 0 Å². The lowest BCUT2D eigenvalue weighted by atomic mass is 10.1. The van der Waals surface area contributed by atoms with E-state index in [1.54, 1.807) is 0 Å². The molecule has 5 nitrogen and oxygen atoms in total. The van der Waals surface area contributed by atoms with Gasteiger partial charge in [0.25, 0.3) is 0 Å². The normalized spacial score (nSPS) is 17.1. The van der Waals surface area contributed by atoms with Crippen LogP contribution < -0.4 is 5.32 Å². The molecule has 1 aliphatic heterocycles. The summed E-state index contributed by atoms with van der Waals surface area (Å²) < 4.78 is 0. The number of likely N-dealkylation sites (N-methyl/N-ethyl adjacent to an activating group) is 1. The van der Waals surface area contributed by atoms with Crippen molar-refractivity contribution in [1.29, 1.82) is 0 Å². The SMILES string of the molecule is CN=C(NCCN(C)Cc1ccccc1)N1CCC(O)CC1. The van der Waals surface area contributed by atoms with Crippen molar-refractivity contribution in [2.75, 3.05) is 40.3 Å². The zero-order valence-corrected chi connectivity index (χ0v) is 13.7. The molecule has 1 heterocycles. The van der Waals surface area contributed by atoms with Crippen molar-refractivity contribution in [3.63, 3.8) is 0 Å². The summed E-state index contributed by atoms with van der Waals surface area (Å²) in [5.74, 6) is 0.944. The van der Waals surface area contributed by atoms with Crippen molar-refractivity contribution in [1.82, 2.24) is 15.1 Å². The Bertz CT molecular complexity index is 455. The first-order valence-corrected chi connectivity index (χ1v) is 8.05. The maximum Gasteiger partial charge on any atom is 0.193 e. The highest BCUT2D eigenvalue weighted by Crippen LogP contribution is 2.09. The van der Waals surface area contributed by atoms with Gasteiger partial charge in [-0.2, -0.15) is 0 Å². The van der Waals surface area contributed by atoms with Gasteiger partial charge < -0.3 is 20.2 Å². The van der Waals surface area contributed by atoms with E-state index in [1.807, 2.05) is 13.1 Å². The van der Waals surface area contributed by atoms with Gasteiger partial charge >= 0.3 is 0 Å². The lowest BCUT2D eigenvalue weighted by molar-refractivity contribution is 0.108. The third-order valence-electron chi connectivity index (χ3n) is 4.05. The molecule has 0 unspecified atom stereocenters. The molecule has 22 heavy (non-hydrogen) atoms. The lowest BCUT2D eigenvalue weighted by Gasteiger charge is -2.32. The minimum atomic E-state index is -0.147.